The van der Waals surface area contributed by atoms with Gasteiger partial charge in [-0.05, 0) is 73.8 Å². The monoisotopic (exact) mass is 307 g/mol. The first-order valence-corrected chi connectivity index (χ1v) is 8.65. The van der Waals surface area contributed by atoms with E-state index >= 15 is 0 Å². The van der Waals surface area contributed by atoms with E-state index in [0.717, 1.165) is 12.6 Å². The van der Waals surface area contributed by atoms with Gasteiger partial charge in [0.15, 0.2) is 0 Å². The molecule has 0 amide bonds. The Morgan fingerprint density at radius 1 is 1.22 bits per heavy atom. The smallest absolute Gasteiger partial charge is 0.0379 e. The van der Waals surface area contributed by atoms with E-state index in [1.807, 2.05) is 12.4 Å². The maximum absolute atomic E-state index is 4.13. The van der Waals surface area contributed by atoms with Crippen LogP contribution in [0.1, 0.15) is 31.7 Å². The van der Waals surface area contributed by atoms with Crippen molar-refractivity contribution in [1.29, 1.82) is 0 Å². The van der Waals surface area contributed by atoms with Crippen molar-refractivity contribution in [3.8, 4) is 11.1 Å². The number of benzene rings is 1. The normalized spacial score (nSPS) is 27.0. The van der Waals surface area contributed by atoms with Crippen molar-refractivity contribution in [2.75, 3.05) is 25.5 Å². The molecular weight excluding hydrogens is 282 g/mol. The van der Waals surface area contributed by atoms with E-state index in [-0.39, 0.29) is 5.41 Å². The Labute approximate surface area is 138 Å². The molecule has 2 aliphatic heterocycles. The second kappa shape index (κ2) is 5.64. The van der Waals surface area contributed by atoms with Crippen LogP contribution >= 0.6 is 0 Å². The van der Waals surface area contributed by atoms with Crippen molar-refractivity contribution in [3.63, 3.8) is 0 Å². The molecule has 1 fully saturated rings. The molecule has 3 nitrogen and oxygen atoms in total. The number of nitrogens with one attached hydrogen (secondary N) is 1. The Morgan fingerprint density at radius 3 is 2.78 bits per heavy atom. The van der Waals surface area contributed by atoms with Crippen LogP contribution in [0.15, 0.2) is 42.7 Å². The van der Waals surface area contributed by atoms with Gasteiger partial charge >= 0.3 is 0 Å². The van der Waals surface area contributed by atoms with Gasteiger partial charge in [0.05, 0.1) is 0 Å². The average molecular weight is 307 g/mol. The van der Waals surface area contributed by atoms with E-state index in [9.17, 15) is 0 Å². The van der Waals surface area contributed by atoms with Crippen LogP contribution in [-0.2, 0) is 5.41 Å². The molecule has 1 aromatic heterocycles. The highest BCUT2D eigenvalue weighted by Gasteiger charge is 2.38. The highest BCUT2D eigenvalue weighted by Crippen LogP contribution is 2.43. The fourth-order valence-electron chi connectivity index (χ4n) is 4.25. The van der Waals surface area contributed by atoms with E-state index in [1.165, 1.54) is 48.2 Å². The molecule has 4 rings (SSSR count). The van der Waals surface area contributed by atoms with Crippen molar-refractivity contribution < 1.29 is 0 Å². The predicted octanol–water partition coefficient (Wildman–Crippen LogP) is 3.92. The SMILES string of the molecule is CN1CCC[C@@H]1CC1(C)CNc2ccc(-c3ccncc3)cc21. The maximum atomic E-state index is 4.13. The van der Waals surface area contributed by atoms with Crippen molar-refractivity contribution in [1.82, 2.24) is 9.88 Å². The van der Waals surface area contributed by atoms with E-state index in [0.29, 0.717) is 0 Å². The molecule has 23 heavy (non-hydrogen) atoms. The molecule has 3 heterocycles. The summed E-state index contributed by atoms with van der Waals surface area (Å²) >= 11 is 0. The molecule has 0 saturated carbocycles. The number of rotatable bonds is 3. The molecule has 2 atom stereocenters. The molecule has 2 aromatic rings. The fourth-order valence-corrected chi connectivity index (χ4v) is 4.25. The Kier molecular flexibility index (Phi) is 3.61. The van der Waals surface area contributed by atoms with Gasteiger partial charge in [-0.3, -0.25) is 4.98 Å². The summed E-state index contributed by atoms with van der Waals surface area (Å²) in [5.74, 6) is 0. The summed E-state index contributed by atoms with van der Waals surface area (Å²) in [6.07, 6.45) is 7.66. The summed E-state index contributed by atoms with van der Waals surface area (Å²) < 4.78 is 0. The average Bonchev–Trinajstić information content (AvgIpc) is 3.12. The molecule has 0 bridgehead atoms. The van der Waals surface area contributed by atoms with Gasteiger partial charge in [0.2, 0.25) is 0 Å². The first-order chi connectivity index (χ1) is 11.2. The predicted molar refractivity (Wildman–Crippen MR) is 95.8 cm³/mol. The number of fused-ring (bicyclic) bond motifs is 1. The molecule has 1 aromatic carbocycles. The largest absolute Gasteiger partial charge is 0.384 e. The zero-order valence-electron chi connectivity index (χ0n) is 14.0. The third-order valence-electron chi connectivity index (χ3n) is 5.71. The lowest BCUT2D eigenvalue weighted by Crippen LogP contribution is -2.35. The molecule has 120 valence electrons. The minimum atomic E-state index is 0.224. The molecule has 2 aliphatic rings. The van der Waals surface area contributed by atoms with Crippen LogP contribution in [0.25, 0.3) is 11.1 Å². The highest BCUT2D eigenvalue weighted by atomic mass is 15.1. The second-order valence-electron chi connectivity index (χ2n) is 7.39. The van der Waals surface area contributed by atoms with E-state index in [4.69, 9.17) is 0 Å². The standard InChI is InChI=1S/C20H25N3/c1-20(13-17-4-3-11-23(17)2)14-22-19-6-5-16(12-18(19)20)15-7-9-21-10-8-15/h5-10,12,17,22H,3-4,11,13-14H2,1-2H3/t17-,20?/m1/s1. The van der Waals surface area contributed by atoms with Gasteiger partial charge in [-0.1, -0.05) is 13.0 Å². The number of aromatic nitrogens is 1. The van der Waals surface area contributed by atoms with Gasteiger partial charge in [0.25, 0.3) is 0 Å². The first-order valence-electron chi connectivity index (χ1n) is 8.65. The molecule has 0 aliphatic carbocycles. The van der Waals surface area contributed by atoms with Crippen LogP contribution in [0.4, 0.5) is 5.69 Å². The summed E-state index contributed by atoms with van der Waals surface area (Å²) in [5, 5.41) is 3.63. The Balaban J connectivity index is 1.67. The van der Waals surface area contributed by atoms with Gasteiger partial charge in [-0.2, -0.15) is 0 Å². The lowest BCUT2D eigenvalue weighted by molar-refractivity contribution is 0.254. The lowest BCUT2D eigenvalue weighted by Gasteiger charge is -2.31. The minimum Gasteiger partial charge on any atom is -0.384 e. The van der Waals surface area contributed by atoms with Crippen LogP contribution < -0.4 is 5.32 Å². The number of likely N-dealkylation sites (tertiary alicyclic amines) is 1. The van der Waals surface area contributed by atoms with Gasteiger partial charge in [-0.15, -0.1) is 0 Å². The Bertz CT molecular complexity index is 697. The summed E-state index contributed by atoms with van der Waals surface area (Å²) in [7, 11) is 2.28. The van der Waals surface area contributed by atoms with Crippen LogP contribution in [0, 0.1) is 0 Å². The number of hydrogen-bond donors (Lipinski definition) is 1. The topological polar surface area (TPSA) is 28.2 Å². The Hall–Kier alpha value is -1.87. The highest BCUT2D eigenvalue weighted by molar-refractivity contribution is 5.71. The van der Waals surface area contributed by atoms with Crippen molar-refractivity contribution in [3.05, 3.63) is 48.3 Å². The number of pyridine rings is 1. The van der Waals surface area contributed by atoms with Crippen molar-refractivity contribution in [2.24, 2.45) is 0 Å². The van der Waals surface area contributed by atoms with Crippen molar-refractivity contribution >= 4 is 5.69 Å². The van der Waals surface area contributed by atoms with Crippen LogP contribution in [-0.4, -0.2) is 36.1 Å². The van der Waals surface area contributed by atoms with Crippen LogP contribution in [0.2, 0.25) is 0 Å². The summed E-state index contributed by atoms with van der Waals surface area (Å²) in [6.45, 7) is 4.72. The molecule has 1 N–H and O–H groups in total. The zero-order valence-corrected chi connectivity index (χ0v) is 14.0. The summed E-state index contributed by atoms with van der Waals surface area (Å²) in [6, 6.07) is 11.7. The molecule has 3 heteroatoms. The van der Waals surface area contributed by atoms with Gasteiger partial charge in [0, 0.05) is 36.1 Å². The first kappa shape index (κ1) is 14.7. The third-order valence-corrected chi connectivity index (χ3v) is 5.71. The molecule has 0 radical (unpaired) electrons. The lowest BCUT2D eigenvalue weighted by atomic mass is 9.77. The van der Waals surface area contributed by atoms with Gasteiger partial charge in [-0.25, -0.2) is 0 Å². The molecule has 1 unspecified atom stereocenters. The second-order valence-corrected chi connectivity index (χ2v) is 7.39. The molecule has 1 saturated heterocycles. The minimum absolute atomic E-state index is 0.224. The van der Waals surface area contributed by atoms with Gasteiger partial charge in [0.1, 0.15) is 0 Å². The Morgan fingerprint density at radius 2 is 2.04 bits per heavy atom. The van der Waals surface area contributed by atoms with E-state index < -0.39 is 0 Å². The van der Waals surface area contributed by atoms with E-state index in [1.54, 1.807) is 0 Å². The number of anilines is 1. The van der Waals surface area contributed by atoms with Crippen LogP contribution in [0.5, 0.6) is 0 Å². The number of hydrogen-bond acceptors (Lipinski definition) is 3. The fraction of sp³-hybridized carbons (Fsp3) is 0.450. The summed E-state index contributed by atoms with van der Waals surface area (Å²) in [4.78, 5) is 6.67. The van der Waals surface area contributed by atoms with Crippen LogP contribution in [0.3, 0.4) is 0 Å². The zero-order chi connectivity index (χ0) is 15.9. The number of nitrogens with zero attached hydrogens (tertiary/aromatic N) is 2. The molecule has 0 spiro atoms. The third kappa shape index (κ3) is 2.63. The molecular formula is C20H25N3. The summed E-state index contributed by atoms with van der Waals surface area (Å²) in [5.41, 5.74) is 5.55. The quantitative estimate of drug-likeness (QED) is 0.931. The van der Waals surface area contributed by atoms with Gasteiger partial charge < -0.3 is 10.2 Å². The van der Waals surface area contributed by atoms with E-state index in [2.05, 4.69) is 59.5 Å². The van der Waals surface area contributed by atoms with Crippen molar-refractivity contribution in [2.45, 2.75) is 37.6 Å². The maximum Gasteiger partial charge on any atom is 0.0379 e.